The lowest BCUT2D eigenvalue weighted by Crippen LogP contribution is -1.95. The number of pyridine rings is 1. The Bertz CT molecular complexity index is 935. The van der Waals surface area contributed by atoms with Gasteiger partial charge in [0.2, 0.25) is 0 Å². The van der Waals surface area contributed by atoms with Gasteiger partial charge in [0, 0.05) is 22.7 Å². The fourth-order valence-electron chi connectivity index (χ4n) is 2.74. The van der Waals surface area contributed by atoms with Crippen molar-refractivity contribution in [2.45, 2.75) is 0 Å². The van der Waals surface area contributed by atoms with Crippen molar-refractivity contribution < 1.29 is 0 Å². The van der Waals surface area contributed by atoms with Crippen LogP contribution in [-0.2, 0) is 0 Å². The molecule has 3 heteroatoms. The number of aromatic nitrogens is 2. The van der Waals surface area contributed by atoms with Crippen LogP contribution in [0.25, 0.3) is 27.6 Å². The van der Waals surface area contributed by atoms with E-state index in [0.29, 0.717) is 5.56 Å². The molecule has 0 unspecified atom stereocenters. The third-order valence-corrected chi connectivity index (χ3v) is 3.69. The molecule has 0 saturated heterocycles. The Balaban J connectivity index is 2.12. The summed E-state index contributed by atoms with van der Waals surface area (Å²) in [6, 6.07) is 22.0. The van der Waals surface area contributed by atoms with Crippen LogP contribution >= 0.6 is 0 Å². The van der Waals surface area contributed by atoms with Crippen LogP contribution in [0.1, 0.15) is 5.56 Å². The highest BCUT2D eigenvalue weighted by molar-refractivity contribution is 6.07. The van der Waals surface area contributed by atoms with Crippen molar-refractivity contribution in [2.24, 2.45) is 0 Å². The van der Waals surface area contributed by atoms with Crippen LogP contribution < -0.4 is 0 Å². The second-order valence-electron chi connectivity index (χ2n) is 4.89. The normalized spacial score (nSPS) is 10.8. The molecule has 98 valence electrons. The smallest absolute Gasteiger partial charge is 0.145 e. The van der Waals surface area contributed by atoms with Crippen molar-refractivity contribution in [1.29, 1.82) is 5.26 Å². The predicted octanol–water partition coefficient (Wildman–Crippen LogP) is 4.05. The Kier molecular flexibility index (Phi) is 2.48. The van der Waals surface area contributed by atoms with Gasteiger partial charge in [-0.15, -0.1) is 0 Å². The van der Waals surface area contributed by atoms with E-state index in [9.17, 15) is 0 Å². The standard InChI is InChI=1S/C18H11N3/c19-12-13-7-9-14(10-8-13)21-17-6-2-1-4-15(17)16-5-3-11-20-18(16)21/h1-11H. The molecule has 0 spiro atoms. The summed E-state index contributed by atoms with van der Waals surface area (Å²) in [6.45, 7) is 0. The zero-order valence-corrected chi connectivity index (χ0v) is 11.2. The molecule has 4 aromatic rings. The summed E-state index contributed by atoms with van der Waals surface area (Å²) in [7, 11) is 0. The van der Waals surface area contributed by atoms with E-state index in [4.69, 9.17) is 5.26 Å². The van der Waals surface area contributed by atoms with Crippen LogP contribution in [0, 0.1) is 11.3 Å². The topological polar surface area (TPSA) is 41.6 Å². The van der Waals surface area contributed by atoms with E-state index in [1.54, 1.807) is 6.20 Å². The van der Waals surface area contributed by atoms with Gasteiger partial charge in [0.15, 0.2) is 0 Å². The summed E-state index contributed by atoms with van der Waals surface area (Å²) in [5.41, 5.74) is 3.73. The summed E-state index contributed by atoms with van der Waals surface area (Å²) in [5, 5.41) is 11.3. The minimum atomic E-state index is 0.660. The Morgan fingerprint density at radius 1 is 0.857 bits per heavy atom. The molecule has 0 atom stereocenters. The number of hydrogen-bond acceptors (Lipinski definition) is 2. The highest BCUT2D eigenvalue weighted by atomic mass is 15.0. The molecule has 21 heavy (non-hydrogen) atoms. The van der Waals surface area contributed by atoms with Crippen molar-refractivity contribution in [1.82, 2.24) is 9.55 Å². The van der Waals surface area contributed by atoms with Crippen molar-refractivity contribution >= 4 is 21.9 Å². The number of para-hydroxylation sites is 1. The number of fused-ring (bicyclic) bond motifs is 3. The second-order valence-corrected chi connectivity index (χ2v) is 4.89. The van der Waals surface area contributed by atoms with Crippen molar-refractivity contribution in [3.63, 3.8) is 0 Å². The molecular weight excluding hydrogens is 258 g/mol. The molecule has 0 fully saturated rings. The van der Waals surface area contributed by atoms with Gasteiger partial charge in [-0.3, -0.25) is 4.57 Å². The maximum Gasteiger partial charge on any atom is 0.145 e. The maximum absolute atomic E-state index is 8.93. The molecule has 0 aliphatic heterocycles. The lowest BCUT2D eigenvalue weighted by atomic mass is 10.2. The van der Waals surface area contributed by atoms with Crippen LogP contribution in [0.2, 0.25) is 0 Å². The van der Waals surface area contributed by atoms with E-state index in [2.05, 4.69) is 33.8 Å². The van der Waals surface area contributed by atoms with Crippen LogP contribution in [0.15, 0.2) is 66.9 Å². The largest absolute Gasteiger partial charge is 0.294 e. The Morgan fingerprint density at radius 3 is 2.43 bits per heavy atom. The molecule has 0 amide bonds. The van der Waals surface area contributed by atoms with Crippen LogP contribution in [0.5, 0.6) is 0 Å². The van der Waals surface area contributed by atoms with Gasteiger partial charge < -0.3 is 0 Å². The minimum absolute atomic E-state index is 0.660. The Hall–Kier alpha value is -3.12. The first-order chi connectivity index (χ1) is 10.4. The van der Waals surface area contributed by atoms with Crippen LogP contribution in [-0.4, -0.2) is 9.55 Å². The molecule has 0 saturated carbocycles. The van der Waals surface area contributed by atoms with Gasteiger partial charge in [-0.2, -0.15) is 5.26 Å². The molecule has 2 aromatic carbocycles. The first kappa shape index (κ1) is 11.7. The average Bonchev–Trinajstić information content (AvgIpc) is 2.90. The molecule has 4 rings (SSSR count). The fourth-order valence-corrected chi connectivity index (χ4v) is 2.74. The number of nitriles is 1. The second kappa shape index (κ2) is 4.46. The van der Waals surface area contributed by atoms with E-state index in [0.717, 1.165) is 22.2 Å². The van der Waals surface area contributed by atoms with E-state index < -0.39 is 0 Å². The van der Waals surface area contributed by atoms with Crippen molar-refractivity contribution in [2.75, 3.05) is 0 Å². The summed E-state index contributed by atoms with van der Waals surface area (Å²) < 4.78 is 2.13. The Labute approximate surface area is 121 Å². The molecule has 0 radical (unpaired) electrons. The van der Waals surface area contributed by atoms with Gasteiger partial charge in [0.1, 0.15) is 5.65 Å². The number of nitrogens with zero attached hydrogens (tertiary/aromatic N) is 3. The minimum Gasteiger partial charge on any atom is -0.294 e. The molecular formula is C18H11N3. The Morgan fingerprint density at radius 2 is 1.62 bits per heavy atom. The highest BCUT2D eigenvalue weighted by Crippen LogP contribution is 2.30. The molecule has 0 N–H and O–H groups in total. The quantitative estimate of drug-likeness (QED) is 0.523. The van der Waals surface area contributed by atoms with Crippen molar-refractivity contribution in [3.05, 3.63) is 72.4 Å². The summed E-state index contributed by atoms with van der Waals surface area (Å²) in [5.74, 6) is 0. The first-order valence-electron chi connectivity index (χ1n) is 6.73. The summed E-state index contributed by atoms with van der Waals surface area (Å²) >= 11 is 0. The van der Waals surface area contributed by atoms with E-state index in [1.807, 2.05) is 42.5 Å². The molecule has 3 nitrogen and oxygen atoms in total. The highest BCUT2D eigenvalue weighted by Gasteiger charge is 2.11. The van der Waals surface area contributed by atoms with E-state index in [-0.39, 0.29) is 0 Å². The van der Waals surface area contributed by atoms with E-state index in [1.165, 1.54) is 5.39 Å². The van der Waals surface area contributed by atoms with Gasteiger partial charge in [-0.1, -0.05) is 18.2 Å². The SMILES string of the molecule is N#Cc1ccc(-n2c3ccccc3c3cccnc32)cc1. The lowest BCUT2D eigenvalue weighted by molar-refractivity contribution is 1.13. The van der Waals surface area contributed by atoms with Gasteiger partial charge in [-0.05, 0) is 42.5 Å². The predicted molar refractivity (Wildman–Crippen MR) is 83.3 cm³/mol. The van der Waals surface area contributed by atoms with Crippen molar-refractivity contribution in [3.8, 4) is 11.8 Å². The monoisotopic (exact) mass is 269 g/mol. The van der Waals surface area contributed by atoms with Gasteiger partial charge in [-0.25, -0.2) is 4.98 Å². The first-order valence-corrected chi connectivity index (χ1v) is 6.73. The molecule has 2 heterocycles. The van der Waals surface area contributed by atoms with E-state index >= 15 is 0 Å². The number of rotatable bonds is 1. The van der Waals surface area contributed by atoms with Gasteiger partial charge in [0.25, 0.3) is 0 Å². The molecule has 2 aromatic heterocycles. The average molecular weight is 269 g/mol. The summed E-state index contributed by atoms with van der Waals surface area (Å²) in [6.07, 6.45) is 1.81. The van der Waals surface area contributed by atoms with Gasteiger partial charge in [0.05, 0.1) is 17.1 Å². The number of benzene rings is 2. The zero-order chi connectivity index (χ0) is 14.2. The third kappa shape index (κ3) is 1.70. The van der Waals surface area contributed by atoms with Gasteiger partial charge >= 0.3 is 0 Å². The number of hydrogen-bond donors (Lipinski definition) is 0. The molecule has 0 bridgehead atoms. The molecule has 0 aliphatic rings. The zero-order valence-electron chi connectivity index (χ0n) is 11.2. The van der Waals surface area contributed by atoms with Crippen LogP contribution in [0.4, 0.5) is 0 Å². The lowest BCUT2D eigenvalue weighted by Gasteiger charge is -2.06. The summed E-state index contributed by atoms with van der Waals surface area (Å²) in [4.78, 5) is 4.54. The van der Waals surface area contributed by atoms with Crippen LogP contribution in [0.3, 0.4) is 0 Å². The maximum atomic E-state index is 8.93. The fraction of sp³-hybridized carbons (Fsp3) is 0. The molecule has 0 aliphatic carbocycles. The third-order valence-electron chi connectivity index (χ3n) is 3.69.